The lowest BCUT2D eigenvalue weighted by molar-refractivity contribution is -0.147. The standard InChI is InChI=1S/C21H24N2O4/c1-3-16-6-4-5-7-18(16)23-20(25)14-27-21(26)13-12-19(24)22-17-10-8-15(2)9-11-17/h4-11H,3,12-14H2,1-2H3,(H,22,24)(H,23,25). The average molecular weight is 368 g/mol. The second-order valence-electron chi connectivity index (χ2n) is 6.13. The van der Waals surface area contributed by atoms with Crippen LogP contribution in [0.25, 0.3) is 0 Å². The number of anilines is 2. The van der Waals surface area contributed by atoms with E-state index in [4.69, 9.17) is 4.74 Å². The number of carbonyl (C=O) groups is 3. The van der Waals surface area contributed by atoms with Crippen LogP contribution in [0.1, 0.15) is 30.9 Å². The predicted octanol–water partition coefficient (Wildman–Crippen LogP) is 3.46. The minimum absolute atomic E-state index is 0.00695. The normalized spacial score (nSPS) is 10.1. The third kappa shape index (κ3) is 6.93. The molecule has 27 heavy (non-hydrogen) atoms. The molecule has 0 aliphatic rings. The third-order valence-electron chi connectivity index (χ3n) is 3.93. The number of esters is 1. The molecule has 6 nitrogen and oxygen atoms in total. The van der Waals surface area contributed by atoms with Gasteiger partial charge in [0.2, 0.25) is 5.91 Å². The molecule has 142 valence electrons. The van der Waals surface area contributed by atoms with Crippen molar-refractivity contribution in [1.82, 2.24) is 0 Å². The number of rotatable bonds is 8. The van der Waals surface area contributed by atoms with E-state index in [2.05, 4.69) is 10.6 Å². The lowest BCUT2D eigenvalue weighted by atomic mass is 10.1. The molecule has 2 amide bonds. The van der Waals surface area contributed by atoms with Crippen molar-refractivity contribution in [2.45, 2.75) is 33.1 Å². The maximum atomic E-state index is 11.9. The topological polar surface area (TPSA) is 84.5 Å². The first kappa shape index (κ1) is 20.2. The minimum atomic E-state index is -0.590. The van der Waals surface area contributed by atoms with Gasteiger partial charge in [0, 0.05) is 17.8 Å². The average Bonchev–Trinajstić information content (AvgIpc) is 2.67. The molecule has 0 spiro atoms. The Morgan fingerprint density at radius 1 is 0.889 bits per heavy atom. The SMILES string of the molecule is CCc1ccccc1NC(=O)COC(=O)CCC(=O)Nc1ccc(C)cc1. The number of para-hydroxylation sites is 1. The zero-order chi connectivity index (χ0) is 19.6. The van der Waals surface area contributed by atoms with Gasteiger partial charge in [-0.1, -0.05) is 42.8 Å². The molecule has 0 aliphatic heterocycles. The largest absolute Gasteiger partial charge is 0.456 e. The molecule has 0 radical (unpaired) electrons. The van der Waals surface area contributed by atoms with E-state index in [0.717, 1.165) is 17.5 Å². The number of ether oxygens (including phenoxy) is 1. The summed E-state index contributed by atoms with van der Waals surface area (Å²) < 4.78 is 4.93. The van der Waals surface area contributed by atoms with Crippen LogP contribution in [0.15, 0.2) is 48.5 Å². The summed E-state index contributed by atoms with van der Waals surface area (Å²) in [5.41, 5.74) is 3.48. The van der Waals surface area contributed by atoms with Gasteiger partial charge >= 0.3 is 5.97 Å². The summed E-state index contributed by atoms with van der Waals surface area (Å²) >= 11 is 0. The molecular formula is C21H24N2O4. The Morgan fingerprint density at radius 3 is 2.30 bits per heavy atom. The molecular weight excluding hydrogens is 344 g/mol. The molecule has 0 saturated heterocycles. The van der Waals surface area contributed by atoms with Crippen molar-refractivity contribution < 1.29 is 19.1 Å². The van der Waals surface area contributed by atoms with Crippen LogP contribution in [0, 0.1) is 6.92 Å². The van der Waals surface area contributed by atoms with E-state index in [1.165, 1.54) is 0 Å². The predicted molar refractivity (Wildman–Crippen MR) is 104 cm³/mol. The van der Waals surface area contributed by atoms with Crippen molar-refractivity contribution in [3.8, 4) is 0 Å². The van der Waals surface area contributed by atoms with Crippen LogP contribution >= 0.6 is 0 Å². The summed E-state index contributed by atoms with van der Waals surface area (Å²) in [6, 6.07) is 14.8. The van der Waals surface area contributed by atoms with Crippen LogP contribution in [0.2, 0.25) is 0 Å². The lowest BCUT2D eigenvalue weighted by Gasteiger charge is -2.10. The van der Waals surface area contributed by atoms with Gasteiger partial charge in [0.15, 0.2) is 6.61 Å². The molecule has 0 heterocycles. The molecule has 6 heteroatoms. The zero-order valence-electron chi connectivity index (χ0n) is 15.6. The fourth-order valence-electron chi connectivity index (χ4n) is 2.43. The van der Waals surface area contributed by atoms with E-state index >= 15 is 0 Å². The zero-order valence-corrected chi connectivity index (χ0v) is 15.6. The van der Waals surface area contributed by atoms with E-state index in [1.807, 2.05) is 44.2 Å². The maximum absolute atomic E-state index is 11.9. The fraction of sp³-hybridized carbons (Fsp3) is 0.286. The van der Waals surface area contributed by atoms with Gasteiger partial charge in [-0.05, 0) is 37.1 Å². The summed E-state index contributed by atoms with van der Waals surface area (Å²) in [6.07, 6.45) is 0.690. The Balaban J connectivity index is 1.70. The second-order valence-corrected chi connectivity index (χ2v) is 6.13. The molecule has 0 fully saturated rings. The van der Waals surface area contributed by atoms with Crippen LogP contribution in [-0.4, -0.2) is 24.4 Å². The lowest BCUT2D eigenvalue weighted by Crippen LogP contribution is -2.22. The van der Waals surface area contributed by atoms with Crippen LogP contribution in [0.4, 0.5) is 11.4 Å². The number of aryl methyl sites for hydroxylation is 2. The summed E-state index contributed by atoms with van der Waals surface area (Å²) in [6.45, 7) is 3.57. The molecule has 0 atom stereocenters. The van der Waals surface area contributed by atoms with Gasteiger partial charge in [0.05, 0.1) is 6.42 Å². The molecule has 2 rings (SSSR count). The molecule has 0 bridgehead atoms. The first-order valence-corrected chi connectivity index (χ1v) is 8.88. The van der Waals surface area contributed by atoms with Crippen LogP contribution in [0.3, 0.4) is 0 Å². The van der Waals surface area contributed by atoms with Crippen molar-refractivity contribution in [2.75, 3.05) is 17.2 Å². The van der Waals surface area contributed by atoms with Gasteiger partial charge in [0.25, 0.3) is 5.91 Å². The highest BCUT2D eigenvalue weighted by atomic mass is 16.5. The van der Waals surface area contributed by atoms with Crippen molar-refractivity contribution in [1.29, 1.82) is 0 Å². The van der Waals surface area contributed by atoms with Gasteiger partial charge in [-0.25, -0.2) is 0 Å². The van der Waals surface area contributed by atoms with Crippen molar-refractivity contribution in [2.24, 2.45) is 0 Å². The highest BCUT2D eigenvalue weighted by Gasteiger charge is 2.11. The van der Waals surface area contributed by atoms with Gasteiger partial charge in [-0.15, -0.1) is 0 Å². The van der Waals surface area contributed by atoms with Crippen LogP contribution in [0.5, 0.6) is 0 Å². The van der Waals surface area contributed by atoms with Gasteiger partial charge in [-0.2, -0.15) is 0 Å². The summed E-state index contributed by atoms with van der Waals surface area (Å²) in [7, 11) is 0. The Morgan fingerprint density at radius 2 is 1.59 bits per heavy atom. The van der Waals surface area contributed by atoms with E-state index in [-0.39, 0.29) is 25.4 Å². The van der Waals surface area contributed by atoms with Gasteiger partial charge in [-0.3, -0.25) is 14.4 Å². The monoisotopic (exact) mass is 368 g/mol. The third-order valence-corrected chi connectivity index (χ3v) is 3.93. The first-order chi connectivity index (χ1) is 13.0. The van der Waals surface area contributed by atoms with E-state index < -0.39 is 11.9 Å². The number of amides is 2. The Kier molecular flexibility index (Phi) is 7.55. The molecule has 0 unspecified atom stereocenters. The molecule has 2 N–H and O–H groups in total. The van der Waals surface area contributed by atoms with E-state index in [0.29, 0.717) is 11.4 Å². The number of hydrogen-bond donors (Lipinski definition) is 2. The number of benzene rings is 2. The summed E-state index contributed by atoms with van der Waals surface area (Å²) in [5, 5.41) is 5.43. The quantitative estimate of drug-likeness (QED) is 0.699. The van der Waals surface area contributed by atoms with Crippen LogP contribution < -0.4 is 10.6 Å². The molecule has 2 aromatic rings. The summed E-state index contributed by atoms with van der Waals surface area (Å²) in [4.78, 5) is 35.5. The summed E-state index contributed by atoms with van der Waals surface area (Å²) in [5.74, 6) is -1.28. The second kappa shape index (κ2) is 10.1. The minimum Gasteiger partial charge on any atom is -0.456 e. The Bertz CT molecular complexity index is 800. The van der Waals surface area contributed by atoms with Crippen molar-refractivity contribution in [3.05, 3.63) is 59.7 Å². The van der Waals surface area contributed by atoms with Crippen LogP contribution in [-0.2, 0) is 25.5 Å². The van der Waals surface area contributed by atoms with E-state index in [9.17, 15) is 14.4 Å². The number of carbonyl (C=O) groups excluding carboxylic acids is 3. The highest BCUT2D eigenvalue weighted by molar-refractivity contribution is 5.94. The Labute approximate surface area is 158 Å². The molecule has 0 aliphatic carbocycles. The molecule has 2 aromatic carbocycles. The smallest absolute Gasteiger partial charge is 0.306 e. The maximum Gasteiger partial charge on any atom is 0.306 e. The van der Waals surface area contributed by atoms with E-state index in [1.54, 1.807) is 18.2 Å². The van der Waals surface area contributed by atoms with Gasteiger partial charge in [0.1, 0.15) is 0 Å². The van der Waals surface area contributed by atoms with Gasteiger partial charge < -0.3 is 15.4 Å². The van der Waals surface area contributed by atoms with Crippen molar-refractivity contribution in [3.63, 3.8) is 0 Å². The van der Waals surface area contributed by atoms with Crippen molar-refractivity contribution >= 4 is 29.2 Å². The molecule has 0 aromatic heterocycles. The fourth-order valence-corrected chi connectivity index (χ4v) is 2.43. The highest BCUT2D eigenvalue weighted by Crippen LogP contribution is 2.15. The number of nitrogens with one attached hydrogen (secondary N) is 2. The first-order valence-electron chi connectivity index (χ1n) is 8.88. The molecule has 0 saturated carbocycles. The number of hydrogen-bond acceptors (Lipinski definition) is 4. The Hall–Kier alpha value is -3.15.